The number of para-hydroxylation sites is 1. The van der Waals surface area contributed by atoms with Crippen LogP contribution in [-0.2, 0) is 16.6 Å². The molecule has 1 aromatic carbocycles. The van der Waals surface area contributed by atoms with Crippen molar-refractivity contribution in [3.8, 4) is 5.75 Å². The molecule has 0 unspecified atom stereocenters. The summed E-state index contributed by atoms with van der Waals surface area (Å²) in [6, 6.07) is 8.32. The van der Waals surface area contributed by atoms with Crippen LogP contribution < -0.4 is 10.1 Å². The lowest BCUT2D eigenvalue weighted by Crippen LogP contribution is -2.50. The minimum Gasteiger partial charge on any atom is -0.496 e. The van der Waals surface area contributed by atoms with Gasteiger partial charge in [-0.05, 0) is 18.4 Å². The Morgan fingerprint density at radius 1 is 1.36 bits per heavy atom. The van der Waals surface area contributed by atoms with Crippen molar-refractivity contribution in [1.82, 2.24) is 9.62 Å². The van der Waals surface area contributed by atoms with Crippen molar-refractivity contribution in [3.63, 3.8) is 0 Å². The second-order valence-corrected chi connectivity index (χ2v) is 7.86. The summed E-state index contributed by atoms with van der Waals surface area (Å²) in [5.41, 5.74) is 1.13. The van der Waals surface area contributed by atoms with Crippen molar-refractivity contribution in [2.75, 3.05) is 26.5 Å². The first-order valence-electron chi connectivity index (χ1n) is 7.76. The molecule has 1 N–H and O–H groups in total. The van der Waals surface area contributed by atoms with E-state index >= 15 is 0 Å². The minimum absolute atomic E-state index is 0.341. The lowest BCUT2D eigenvalue weighted by Gasteiger charge is -2.37. The zero-order valence-electron chi connectivity index (χ0n) is 13.6. The van der Waals surface area contributed by atoms with Crippen LogP contribution in [0, 0.1) is 5.92 Å². The molecule has 1 aliphatic heterocycles. The predicted octanol–water partition coefficient (Wildman–Crippen LogP) is 1.84. The summed E-state index contributed by atoms with van der Waals surface area (Å²) in [4.78, 5) is 0. The van der Waals surface area contributed by atoms with Crippen molar-refractivity contribution >= 4 is 10.0 Å². The minimum atomic E-state index is -3.08. The van der Waals surface area contributed by atoms with Crippen molar-refractivity contribution in [2.24, 2.45) is 5.92 Å². The summed E-state index contributed by atoms with van der Waals surface area (Å²) in [6.45, 7) is 4.07. The molecule has 0 amide bonds. The van der Waals surface area contributed by atoms with Gasteiger partial charge in [0, 0.05) is 31.2 Å². The fraction of sp³-hybridized carbons (Fsp3) is 0.625. The summed E-state index contributed by atoms with van der Waals surface area (Å²) in [5.74, 6) is 1.23. The lowest BCUT2D eigenvalue weighted by molar-refractivity contribution is 0.201. The zero-order chi connectivity index (χ0) is 16.2. The van der Waals surface area contributed by atoms with Crippen LogP contribution in [0.1, 0.15) is 25.3 Å². The molecule has 2 rings (SSSR count). The van der Waals surface area contributed by atoms with Crippen LogP contribution in [0.4, 0.5) is 0 Å². The normalized spacial score (nSPS) is 23.4. The second kappa shape index (κ2) is 7.44. The van der Waals surface area contributed by atoms with Crippen LogP contribution in [0.2, 0.25) is 0 Å². The second-order valence-electron chi connectivity index (χ2n) is 5.88. The maximum absolute atomic E-state index is 11.7. The van der Waals surface area contributed by atoms with Crippen LogP contribution in [0.15, 0.2) is 24.3 Å². The van der Waals surface area contributed by atoms with Gasteiger partial charge < -0.3 is 10.1 Å². The summed E-state index contributed by atoms with van der Waals surface area (Å²) in [5, 5.41) is 3.58. The van der Waals surface area contributed by atoms with Crippen molar-refractivity contribution in [2.45, 2.75) is 32.4 Å². The third-order valence-corrected chi connectivity index (χ3v) is 5.71. The van der Waals surface area contributed by atoms with Gasteiger partial charge in [-0.25, -0.2) is 12.7 Å². The molecule has 0 saturated carbocycles. The van der Waals surface area contributed by atoms with E-state index in [2.05, 4.69) is 18.3 Å². The lowest BCUT2D eigenvalue weighted by atomic mass is 9.91. The molecular weight excluding hydrogens is 300 g/mol. The van der Waals surface area contributed by atoms with Gasteiger partial charge >= 0.3 is 0 Å². The Balaban J connectivity index is 1.98. The van der Waals surface area contributed by atoms with Gasteiger partial charge in [-0.3, -0.25) is 0 Å². The third-order valence-electron chi connectivity index (χ3n) is 4.44. The molecule has 22 heavy (non-hydrogen) atoms. The summed E-state index contributed by atoms with van der Waals surface area (Å²) in [7, 11) is -1.41. The summed E-state index contributed by atoms with van der Waals surface area (Å²) < 4.78 is 30.4. The standard InChI is InChI=1S/C16H26N2O3S/c1-4-13-12-18(22(3,19)20)10-9-15(13)17-11-14-7-5-6-8-16(14)21-2/h5-8,13,15,17H,4,9-12H2,1-3H3/t13-,15-/m1/s1. The molecular formula is C16H26N2O3S. The van der Waals surface area contributed by atoms with Crippen molar-refractivity contribution in [1.29, 1.82) is 0 Å². The smallest absolute Gasteiger partial charge is 0.211 e. The predicted molar refractivity (Wildman–Crippen MR) is 88.4 cm³/mol. The number of ether oxygens (including phenoxy) is 1. The van der Waals surface area contributed by atoms with Crippen LogP contribution in [-0.4, -0.2) is 45.2 Å². The van der Waals surface area contributed by atoms with E-state index in [1.54, 1.807) is 11.4 Å². The highest BCUT2D eigenvalue weighted by molar-refractivity contribution is 7.88. The fourth-order valence-electron chi connectivity index (χ4n) is 3.07. The highest BCUT2D eigenvalue weighted by atomic mass is 32.2. The fourth-order valence-corrected chi connectivity index (χ4v) is 3.97. The maximum Gasteiger partial charge on any atom is 0.211 e. The van der Waals surface area contributed by atoms with E-state index in [0.717, 1.165) is 30.7 Å². The van der Waals surface area contributed by atoms with Crippen LogP contribution >= 0.6 is 0 Å². The summed E-state index contributed by atoms with van der Waals surface area (Å²) >= 11 is 0. The Kier molecular flexibility index (Phi) is 5.83. The molecule has 0 aliphatic carbocycles. The topological polar surface area (TPSA) is 58.6 Å². The van der Waals surface area contributed by atoms with E-state index in [9.17, 15) is 8.42 Å². The van der Waals surface area contributed by atoms with Crippen LogP contribution in [0.3, 0.4) is 0 Å². The van der Waals surface area contributed by atoms with Crippen LogP contribution in [0.25, 0.3) is 0 Å². The van der Waals surface area contributed by atoms with Gasteiger partial charge in [0.25, 0.3) is 0 Å². The Bertz CT molecular complexity index is 589. The Labute approximate surface area is 133 Å². The maximum atomic E-state index is 11.7. The average molecular weight is 326 g/mol. The molecule has 0 bridgehead atoms. The first kappa shape index (κ1) is 17.2. The molecule has 1 heterocycles. The number of rotatable bonds is 6. The molecule has 2 atom stereocenters. The average Bonchev–Trinajstić information content (AvgIpc) is 2.52. The van der Waals surface area contributed by atoms with E-state index in [-0.39, 0.29) is 0 Å². The van der Waals surface area contributed by atoms with Crippen molar-refractivity contribution < 1.29 is 13.2 Å². The van der Waals surface area contributed by atoms with Gasteiger partial charge in [0.05, 0.1) is 13.4 Å². The molecule has 1 fully saturated rings. The molecule has 1 aromatic rings. The van der Waals surface area contributed by atoms with E-state index in [0.29, 0.717) is 25.0 Å². The first-order valence-corrected chi connectivity index (χ1v) is 9.61. The van der Waals surface area contributed by atoms with Gasteiger partial charge in [-0.15, -0.1) is 0 Å². The van der Waals surface area contributed by atoms with Gasteiger partial charge in [0.15, 0.2) is 0 Å². The molecule has 1 aliphatic rings. The number of nitrogens with zero attached hydrogens (tertiary/aromatic N) is 1. The quantitative estimate of drug-likeness (QED) is 0.867. The molecule has 5 nitrogen and oxygen atoms in total. The molecule has 1 saturated heterocycles. The number of piperidine rings is 1. The number of nitrogens with one attached hydrogen (secondary N) is 1. The number of methoxy groups -OCH3 is 1. The third kappa shape index (κ3) is 4.21. The van der Waals surface area contributed by atoms with Gasteiger partial charge in [-0.2, -0.15) is 0 Å². The number of benzene rings is 1. The Morgan fingerprint density at radius 2 is 2.09 bits per heavy atom. The SMILES string of the molecule is CC[C@@H]1CN(S(C)(=O)=O)CC[C@H]1NCc1ccccc1OC. The van der Waals surface area contributed by atoms with Gasteiger partial charge in [-0.1, -0.05) is 31.5 Å². The Morgan fingerprint density at radius 3 is 2.73 bits per heavy atom. The van der Waals surface area contributed by atoms with Crippen LogP contribution in [0.5, 0.6) is 5.75 Å². The van der Waals surface area contributed by atoms with Gasteiger partial charge in [0.1, 0.15) is 5.75 Å². The number of hydrogen-bond acceptors (Lipinski definition) is 4. The zero-order valence-corrected chi connectivity index (χ0v) is 14.4. The monoisotopic (exact) mass is 326 g/mol. The molecule has 124 valence electrons. The highest BCUT2D eigenvalue weighted by Gasteiger charge is 2.31. The number of hydrogen-bond donors (Lipinski definition) is 1. The summed E-state index contributed by atoms with van der Waals surface area (Å²) in [6.07, 6.45) is 3.11. The van der Waals surface area contributed by atoms with Crippen molar-refractivity contribution in [3.05, 3.63) is 29.8 Å². The van der Waals surface area contributed by atoms with E-state index in [4.69, 9.17) is 4.74 Å². The first-order chi connectivity index (χ1) is 10.5. The largest absolute Gasteiger partial charge is 0.496 e. The molecule has 6 heteroatoms. The van der Waals surface area contributed by atoms with E-state index in [1.807, 2.05) is 18.2 Å². The molecule has 0 radical (unpaired) electrons. The molecule has 0 aromatic heterocycles. The molecule has 0 spiro atoms. The van der Waals surface area contributed by atoms with E-state index < -0.39 is 10.0 Å². The Hall–Kier alpha value is -1.11. The van der Waals surface area contributed by atoms with E-state index in [1.165, 1.54) is 6.26 Å². The van der Waals surface area contributed by atoms with Gasteiger partial charge in [0.2, 0.25) is 10.0 Å². The number of sulfonamides is 1. The highest BCUT2D eigenvalue weighted by Crippen LogP contribution is 2.23.